The van der Waals surface area contributed by atoms with Crippen LogP contribution in [0.2, 0.25) is 10.0 Å². The lowest BCUT2D eigenvalue weighted by Crippen LogP contribution is -2.39. The van der Waals surface area contributed by atoms with Crippen LogP contribution in [0.4, 0.5) is 5.95 Å². The first-order valence-electron chi connectivity index (χ1n) is 9.79. The fourth-order valence-electron chi connectivity index (χ4n) is 2.97. The Morgan fingerprint density at radius 1 is 1.06 bits per heavy atom. The number of hydrogen-bond donors (Lipinski definition) is 2. The van der Waals surface area contributed by atoms with Crippen LogP contribution in [-0.2, 0) is 25.4 Å². The second-order valence-corrected chi connectivity index (χ2v) is 7.37. The molecule has 3 rings (SSSR count). The first-order chi connectivity index (χ1) is 14.7. The summed E-state index contributed by atoms with van der Waals surface area (Å²) >= 11 is 12.0. The lowest BCUT2D eigenvalue weighted by molar-refractivity contribution is -0.118. The number of aromatic nitrogens is 4. The number of aryl methyl sites for hydroxylation is 2. The number of benzene rings is 1. The summed E-state index contributed by atoms with van der Waals surface area (Å²) in [6.45, 7) is 6.30. The molecule has 168 valence electrons. The Hall–Kier alpha value is -2.78. The molecule has 0 saturated heterocycles. The van der Waals surface area contributed by atoms with Gasteiger partial charge in [-0.2, -0.15) is 4.98 Å². The zero-order valence-corrected chi connectivity index (χ0v) is 19.6. The van der Waals surface area contributed by atoms with Crippen LogP contribution in [0.15, 0.2) is 27.8 Å². The molecule has 3 aromatic rings. The molecule has 0 unspecified atom stereocenters. The molecule has 11 heteroatoms. The minimum Gasteiger partial charge on any atom is -0.355 e. The highest BCUT2D eigenvalue weighted by Gasteiger charge is 2.18. The molecule has 2 N–H and O–H groups in total. The van der Waals surface area contributed by atoms with Crippen molar-refractivity contribution in [2.75, 3.05) is 18.4 Å². The quantitative estimate of drug-likeness (QED) is 0.540. The summed E-state index contributed by atoms with van der Waals surface area (Å²) in [6, 6.07) is 4.95. The van der Waals surface area contributed by atoms with Crippen molar-refractivity contribution < 1.29 is 4.79 Å². The van der Waals surface area contributed by atoms with Gasteiger partial charge in [-0.05, 0) is 17.7 Å². The zero-order valence-electron chi connectivity index (χ0n) is 18.1. The molecule has 2 aromatic heterocycles. The number of carbonyl (C=O) groups is 1. The van der Waals surface area contributed by atoms with Crippen LogP contribution < -0.4 is 21.9 Å². The van der Waals surface area contributed by atoms with Crippen LogP contribution in [0.5, 0.6) is 0 Å². The molecule has 1 amide bonds. The lowest BCUT2D eigenvalue weighted by atomic mass is 10.2. The standard InChI is InChI=1S/C18H20Cl2N6O3.C2H6/c1-10(27)21-6-7-22-17-23-15-14(24(17)2)16(28)26(18(29)25(15)3)9-11-4-5-12(19)13(20)8-11;1-2/h4-5,8H,6-7,9H2,1-3H3,(H,21,27)(H,22,23);1-2H3. The van der Waals surface area contributed by atoms with Gasteiger partial charge < -0.3 is 15.2 Å². The van der Waals surface area contributed by atoms with Crippen molar-refractivity contribution in [1.82, 2.24) is 24.0 Å². The smallest absolute Gasteiger partial charge is 0.332 e. The van der Waals surface area contributed by atoms with Crippen molar-refractivity contribution in [3.63, 3.8) is 0 Å². The second kappa shape index (κ2) is 10.5. The van der Waals surface area contributed by atoms with Crippen molar-refractivity contribution in [2.45, 2.75) is 27.3 Å². The van der Waals surface area contributed by atoms with Gasteiger partial charge in [0.05, 0.1) is 16.6 Å². The first kappa shape index (κ1) is 24.5. The SMILES string of the molecule is CC.CC(=O)NCCNc1nc2c(c(=O)n(Cc3ccc(Cl)c(Cl)c3)c(=O)n2C)n1C. The Labute approximate surface area is 189 Å². The van der Waals surface area contributed by atoms with Crippen molar-refractivity contribution >= 4 is 46.2 Å². The van der Waals surface area contributed by atoms with E-state index in [1.807, 2.05) is 13.8 Å². The highest BCUT2D eigenvalue weighted by molar-refractivity contribution is 6.42. The van der Waals surface area contributed by atoms with Crippen molar-refractivity contribution in [3.05, 3.63) is 54.6 Å². The van der Waals surface area contributed by atoms with Crippen LogP contribution in [0.3, 0.4) is 0 Å². The first-order valence-corrected chi connectivity index (χ1v) is 10.5. The molecule has 0 bridgehead atoms. The molecule has 0 spiro atoms. The Bertz CT molecular complexity index is 1210. The van der Waals surface area contributed by atoms with Gasteiger partial charge in [0.25, 0.3) is 5.56 Å². The van der Waals surface area contributed by atoms with E-state index in [0.29, 0.717) is 34.6 Å². The minimum absolute atomic E-state index is 0.0504. The summed E-state index contributed by atoms with van der Waals surface area (Å²) in [7, 11) is 3.25. The van der Waals surface area contributed by atoms with Gasteiger partial charge in [-0.3, -0.25) is 18.7 Å². The highest BCUT2D eigenvalue weighted by atomic mass is 35.5. The predicted molar refractivity (Wildman–Crippen MR) is 124 cm³/mol. The van der Waals surface area contributed by atoms with E-state index >= 15 is 0 Å². The summed E-state index contributed by atoms with van der Waals surface area (Å²) in [5, 5.41) is 6.47. The molecule has 0 aliphatic rings. The summed E-state index contributed by atoms with van der Waals surface area (Å²) in [5.74, 6) is 0.286. The number of rotatable bonds is 6. The van der Waals surface area contributed by atoms with E-state index in [0.717, 1.165) is 4.57 Å². The molecule has 9 nitrogen and oxygen atoms in total. The fourth-order valence-corrected chi connectivity index (χ4v) is 3.30. The zero-order chi connectivity index (χ0) is 23.3. The summed E-state index contributed by atoms with van der Waals surface area (Å²) in [4.78, 5) is 41.2. The minimum atomic E-state index is -0.489. The molecule has 0 radical (unpaired) electrons. The van der Waals surface area contributed by atoms with E-state index in [9.17, 15) is 14.4 Å². The van der Waals surface area contributed by atoms with Gasteiger partial charge in [0.15, 0.2) is 11.2 Å². The van der Waals surface area contributed by atoms with E-state index in [-0.39, 0.29) is 23.6 Å². The van der Waals surface area contributed by atoms with E-state index in [2.05, 4.69) is 15.6 Å². The topological polar surface area (TPSA) is 103 Å². The number of hydrogen-bond acceptors (Lipinski definition) is 5. The van der Waals surface area contributed by atoms with Crippen LogP contribution in [-0.4, -0.2) is 37.7 Å². The number of carbonyl (C=O) groups excluding carboxylic acids is 1. The third-order valence-electron chi connectivity index (χ3n) is 4.47. The Morgan fingerprint density at radius 3 is 2.35 bits per heavy atom. The van der Waals surface area contributed by atoms with Gasteiger partial charge in [-0.1, -0.05) is 43.1 Å². The predicted octanol–water partition coefficient (Wildman–Crippen LogP) is 2.36. The van der Waals surface area contributed by atoms with Crippen molar-refractivity contribution in [1.29, 1.82) is 0 Å². The molecule has 1 aromatic carbocycles. The highest BCUT2D eigenvalue weighted by Crippen LogP contribution is 2.22. The third-order valence-corrected chi connectivity index (χ3v) is 5.21. The lowest BCUT2D eigenvalue weighted by Gasteiger charge is -2.09. The number of nitrogens with one attached hydrogen (secondary N) is 2. The van der Waals surface area contributed by atoms with Gasteiger partial charge in [-0.15, -0.1) is 0 Å². The van der Waals surface area contributed by atoms with Crippen molar-refractivity contribution in [3.8, 4) is 0 Å². The molecular weight excluding hydrogens is 443 g/mol. The van der Waals surface area contributed by atoms with E-state index in [4.69, 9.17) is 23.2 Å². The monoisotopic (exact) mass is 468 g/mol. The summed E-state index contributed by atoms with van der Waals surface area (Å²) < 4.78 is 4.05. The van der Waals surface area contributed by atoms with Gasteiger partial charge in [-0.25, -0.2) is 4.79 Å². The van der Waals surface area contributed by atoms with Gasteiger partial charge in [0.2, 0.25) is 11.9 Å². The van der Waals surface area contributed by atoms with E-state index < -0.39 is 11.2 Å². The molecule has 0 fully saturated rings. The number of fused-ring (bicyclic) bond motifs is 1. The van der Waals surface area contributed by atoms with Crippen LogP contribution in [0.1, 0.15) is 26.3 Å². The van der Waals surface area contributed by atoms with Gasteiger partial charge >= 0.3 is 5.69 Å². The molecule has 0 saturated carbocycles. The van der Waals surface area contributed by atoms with E-state index in [1.165, 1.54) is 11.5 Å². The molecular formula is C20H26Cl2N6O3. The maximum atomic E-state index is 13.1. The Kier molecular flexibility index (Phi) is 8.29. The van der Waals surface area contributed by atoms with E-state index in [1.54, 1.807) is 36.9 Å². The molecule has 0 aliphatic carbocycles. The van der Waals surface area contributed by atoms with Crippen LogP contribution in [0.25, 0.3) is 11.2 Å². The number of imidazole rings is 1. The van der Waals surface area contributed by atoms with Crippen molar-refractivity contribution in [2.24, 2.45) is 14.1 Å². The molecule has 0 aliphatic heterocycles. The maximum Gasteiger partial charge on any atom is 0.332 e. The second-order valence-electron chi connectivity index (χ2n) is 6.56. The van der Waals surface area contributed by atoms with Gasteiger partial charge in [0, 0.05) is 34.1 Å². The largest absolute Gasteiger partial charge is 0.355 e. The fraction of sp³-hybridized carbons (Fsp3) is 0.400. The maximum absolute atomic E-state index is 13.1. The number of halogens is 2. The van der Waals surface area contributed by atoms with Crippen LogP contribution >= 0.6 is 23.2 Å². The molecule has 0 atom stereocenters. The Morgan fingerprint density at radius 2 is 1.74 bits per heavy atom. The number of amides is 1. The summed E-state index contributed by atoms with van der Waals surface area (Å²) in [6.07, 6.45) is 0. The third kappa shape index (κ3) is 5.29. The average Bonchev–Trinajstić information content (AvgIpc) is 3.07. The van der Waals surface area contributed by atoms with Crippen LogP contribution in [0, 0.1) is 0 Å². The van der Waals surface area contributed by atoms with Gasteiger partial charge in [0.1, 0.15) is 0 Å². The Balaban J connectivity index is 0.00000166. The molecule has 2 heterocycles. The summed E-state index contributed by atoms with van der Waals surface area (Å²) in [5.41, 5.74) is 0.286. The number of nitrogens with zero attached hydrogens (tertiary/aromatic N) is 4. The normalized spacial score (nSPS) is 10.5. The molecule has 31 heavy (non-hydrogen) atoms. The average molecular weight is 469 g/mol. The number of anilines is 1.